The molecule has 1 aromatic carbocycles. The number of hydrogen-bond acceptors (Lipinski definition) is 6. The van der Waals surface area contributed by atoms with Gasteiger partial charge in [-0.2, -0.15) is 4.98 Å². The van der Waals surface area contributed by atoms with E-state index in [0.29, 0.717) is 37.1 Å². The van der Waals surface area contributed by atoms with Gasteiger partial charge in [-0.25, -0.2) is 4.98 Å². The zero-order chi connectivity index (χ0) is 14.9. The van der Waals surface area contributed by atoms with Gasteiger partial charge in [-0.05, 0) is 18.6 Å². The van der Waals surface area contributed by atoms with E-state index in [4.69, 9.17) is 15.2 Å². The van der Waals surface area contributed by atoms with Crippen LogP contribution in [0.5, 0.6) is 11.6 Å². The van der Waals surface area contributed by atoms with Gasteiger partial charge >= 0.3 is 0 Å². The van der Waals surface area contributed by atoms with E-state index in [1.54, 1.807) is 0 Å². The van der Waals surface area contributed by atoms with Crippen molar-refractivity contribution in [3.05, 3.63) is 36.7 Å². The van der Waals surface area contributed by atoms with Gasteiger partial charge in [0.1, 0.15) is 24.4 Å². The summed E-state index contributed by atoms with van der Waals surface area (Å²) in [6.07, 6.45) is 2.33. The maximum absolute atomic E-state index is 5.96. The smallest absolute Gasteiger partial charge is 0.242 e. The van der Waals surface area contributed by atoms with Crippen molar-refractivity contribution in [3.8, 4) is 11.6 Å². The van der Waals surface area contributed by atoms with E-state index in [-0.39, 0.29) is 0 Å². The number of nitrogens with two attached hydrogens (primary N) is 1. The van der Waals surface area contributed by atoms with Crippen molar-refractivity contribution < 1.29 is 9.47 Å². The van der Waals surface area contributed by atoms with Gasteiger partial charge in [0.2, 0.25) is 5.88 Å². The van der Waals surface area contributed by atoms with Crippen LogP contribution in [0, 0.1) is 0 Å². The van der Waals surface area contributed by atoms with Crippen LogP contribution in [0.1, 0.15) is 13.3 Å². The molecule has 2 aromatic rings. The minimum absolute atomic E-state index is 0.415. The normalized spacial score (nSPS) is 10.1. The number of nitrogens with zero attached hydrogens (tertiary/aromatic N) is 2. The van der Waals surface area contributed by atoms with E-state index in [1.165, 1.54) is 6.33 Å². The Morgan fingerprint density at radius 3 is 2.67 bits per heavy atom. The van der Waals surface area contributed by atoms with Gasteiger partial charge in [0.05, 0.1) is 13.2 Å². The first-order valence-corrected chi connectivity index (χ1v) is 6.96. The van der Waals surface area contributed by atoms with E-state index in [1.807, 2.05) is 37.3 Å². The van der Waals surface area contributed by atoms with Gasteiger partial charge in [0.25, 0.3) is 0 Å². The van der Waals surface area contributed by atoms with Gasteiger partial charge in [-0.1, -0.05) is 25.1 Å². The van der Waals surface area contributed by atoms with E-state index in [0.717, 1.165) is 12.2 Å². The Morgan fingerprint density at radius 1 is 1.10 bits per heavy atom. The number of hydrogen-bond donors (Lipinski definition) is 2. The summed E-state index contributed by atoms with van der Waals surface area (Å²) >= 11 is 0. The number of ether oxygens (including phenoxy) is 2. The molecule has 6 nitrogen and oxygen atoms in total. The Bertz CT molecular complexity index is 549. The summed E-state index contributed by atoms with van der Waals surface area (Å²) in [6, 6.07) is 9.64. The fraction of sp³-hybridized carbons (Fsp3) is 0.333. The first-order valence-electron chi connectivity index (χ1n) is 6.96. The second kappa shape index (κ2) is 7.94. The molecule has 0 aliphatic carbocycles. The predicted molar refractivity (Wildman–Crippen MR) is 82.7 cm³/mol. The maximum atomic E-state index is 5.96. The van der Waals surface area contributed by atoms with E-state index in [2.05, 4.69) is 15.3 Å². The van der Waals surface area contributed by atoms with Crippen LogP contribution in [0.25, 0.3) is 0 Å². The lowest BCUT2D eigenvalue weighted by molar-refractivity contribution is 0.306. The Balaban J connectivity index is 1.83. The first-order chi connectivity index (χ1) is 10.3. The van der Waals surface area contributed by atoms with Gasteiger partial charge in [-0.3, -0.25) is 0 Å². The lowest BCUT2D eigenvalue weighted by atomic mass is 10.3. The molecule has 0 unspecified atom stereocenters. The average Bonchev–Trinajstić information content (AvgIpc) is 2.53. The third kappa shape index (κ3) is 4.52. The van der Waals surface area contributed by atoms with Crippen LogP contribution in [0.2, 0.25) is 0 Å². The Hall–Kier alpha value is -2.50. The van der Waals surface area contributed by atoms with Gasteiger partial charge in [-0.15, -0.1) is 0 Å². The second-order valence-corrected chi connectivity index (χ2v) is 4.38. The van der Waals surface area contributed by atoms with Gasteiger partial charge < -0.3 is 20.5 Å². The van der Waals surface area contributed by atoms with Crippen LogP contribution in [-0.2, 0) is 0 Å². The summed E-state index contributed by atoms with van der Waals surface area (Å²) in [5.74, 6) is 1.81. The van der Waals surface area contributed by atoms with E-state index in [9.17, 15) is 0 Å². The fourth-order valence-corrected chi connectivity index (χ4v) is 1.69. The molecule has 0 fully saturated rings. The number of benzene rings is 1. The highest BCUT2D eigenvalue weighted by molar-refractivity contribution is 5.66. The quantitative estimate of drug-likeness (QED) is 0.725. The van der Waals surface area contributed by atoms with Crippen LogP contribution >= 0.6 is 0 Å². The summed E-state index contributed by atoms with van der Waals surface area (Å²) in [7, 11) is 0. The van der Waals surface area contributed by atoms with Crippen molar-refractivity contribution in [2.75, 3.05) is 30.8 Å². The SMILES string of the molecule is CCCOc1ncnc(NCCOc2ccccc2)c1N. The Morgan fingerprint density at radius 2 is 1.90 bits per heavy atom. The molecule has 112 valence electrons. The third-order valence-electron chi connectivity index (χ3n) is 2.70. The summed E-state index contributed by atoms with van der Waals surface area (Å²) in [5, 5.41) is 3.12. The summed E-state index contributed by atoms with van der Waals surface area (Å²) < 4.78 is 11.0. The molecule has 1 aromatic heterocycles. The monoisotopic (exact) mass is 288 g/mol. The van der Waals surface area contributed by atoms with Crippen molar-refractivity contribution in [3.63, 3.8) is 0 Å². The maximum Gasteiger partial charge on any atom is 0.242 e. The van der Waals surface area contributed by atoms with Crippen LogP contribution < -0.4 is 20.5 Å². The number of para-hydroxylation sites is 1. The molecule has 0 amide bonds. The van der Waals surface area contributed by atoms with Crippen LogP contribution in [0.4, 0.5) is 11.5 Å². The zero-order valence-electron chi connectivity index (χ0n) is 12.1. The number of aromatic nitrogens is 2. The van der Waals surface area contributed by atoms with Crippen molar-refractivity contribution in [2.24, 2.45) is 0 Å². The summed E-state index contributed by atoms with van der Waals surface area (Å²) in [4.78, 5) is 8.13. The molecule has 6 heteroatoms. The molecule has 2 rings (SSSR count). The van der Waals surface area contributed by atoms with Crippen molar-refractivity contribution in [2.45, 2.75) is 13.3 Å². The topological polar surface area (TPSA) is 82.3 Å². The summed E-state index contributed by atoms with van der Waals surface area (Å²) in [5.41, 5.74) is 6.39. The molecule has 0 bridgehead atoms. The standard InChI is InChI=1S/C15H20N4O2/c1-2-9-21-15-13(16)14(18-11-19-15)17-8-10-20-12-6-4-3-5-7-12/h3-7,11H,2,8-10,16H2,1H3,(H,17,18,19). The van der Waals surface area contributed by atoms with Crippen LogP contribution in [0.15, 0.2) is 36.7 Å². The highest BCUT2D eigenvalue weighted by Crippen LogP contribution is 2.24. The first kappa shape index (κ1) is 14.9. The minimum atomic E-state index is 0.415. The molecule has 0 aliphatic rings. The zero-order valence-corrected chi connectivity index (χ0v) is 12.1. The average molecular weight is 288 g/mol. The molecule has 0 atom stereocenters. The van der Waals surface area contributed by atoms with Crippen molar-refractivity contribution in [1.29, 1.82) is 0 Å². The molecule has 0 saturated heterocycles. The molecule has 21 heavy (non-hydrogen) atoms. The molecule has 0 aliphatic heterocycles. The molecule has 1 heterocycles. The van der Waals surface area contributed by atoms with Crippen LogP contribution in [0.3, 0.4) is 0 Å². The van der Waals surface area contributed by atoms with Gasteiger partial charge in [0.15, 0.2) is 5.82 Å². The van der Waals surface area contributed by atoms with Crippen molar-refractivity contribution in [1.82, 2.24) is 9.97 Å². The highest BCUT2D eigenvalue weighted by atomic mass is 16.5. The minimum Gasteiger partial charge on any atom is -0.492 e. The number of anilines is 2. The Labute approximate surface area is 124 Å². The van der Waals surface area contributed by atoms with Crippen molar-refractivity contribution >= 4 is 11.5 Å². The molecule has 0 saturated carbocycles. The lowest BCUT2D eigenvalue weighted by Gasteiger charge is -2.12. The fourth-order valence-electron chi connectivity index (χ4n) is 1.69. The number of rotatable bonds is 8. The third-order valence-corrected chi connectivity index (χ3v) is 2.70. The summed E-state index contributed by atoms with van der Waals surface area (Å²) in [6.45, 7) is 3.71. The van der Waals surface area contributed by atoms with Gasteiger partial charge in [0, 0.05) is 0 Å². The largest absolute Gasteiger partial charge is 0.492 e. The van der Waals surface area contributed by atoms with E-state index < -0.39 is 0 Å². The van der Waals surface area contributed by atoms with Crippen LogP contribution in [-0.4, -0.2) is 29.7 Å². The molecular weight excluding hydrogens is 268 g/mol. The highest BCUT2D eigenvalue weighted by Gasteiger charge is 2.08. The number of nitrogens with one attached hydrogen (secondary N) is 1. The molecule has 3 N–H and O–H groups in total. The molecular formula is C15H20N4O2. The predicted octanol–water partition coefficient (Wildman–Crippen LogP) is 2.34. The Kier molecular flexibility index (Phi) is 5.63. The molecule has 0 spiro atoms. The lowest BCUT2D eigenvalue weighted by Crippen LogP contribution is -2.14. The van der Waals surface area contributed by atoms with E-state index >= 15 is 0 Å². The second-order valence-electron chi connectivity index (χ2n) is 4.38. The number of nitrogen functional groups attached to an aromatic ring is 1. The molecule has 0 radical (unpaired) electrons.